The standard InChI is InChI=1S/C18H12F3N3O2/c1-2-16(25)23-13-6-3-11(4-7-13)17(26)24-14-8-5-12(10-22)15(9-14)18(19,20)21/h2-9H,1H2,(H,23,25)(H,24,26). The topological polar surface area (TPSA) is 82.0 Å². The molecule has 2 rings (SSSR count). The molecule has 132 valence electrons. The average Bonchev–Trinajstić information content (AvgIpc) is 2.61. The summed E-state index contributed by atoms with van der Waals surface area (Å²) < 4.78 is 38.8. The normalized spacial score (nSPS) is 10.5. The zero-order valence-electron chi connectivity index (χ0n) is 13.2. The monoisotopic (exact) mass is 359 g/mol. The van der Waals surface area contributed by atoms with Crippen LogP contribution < -0.4 is 10.6 Å². The molecule has 2 N–H and O–H groups in total. The molecule has 0 aliphatic carbocycles. The Morgan fingerprint density at radius 2 is 1.65 bits per heavy atom. The molecule has 0 saturated carbocycles. The molecule has 0 aromatic heterocycles. The van der Waals surface area contributed by atoms with E-state index >= 15 is 0 Å². The molecule has 0 spiro atoms. The van der Waals surface area contributed by atoms with Crippen LogP contribution in [0.5, 0.6) is 0 Å². The lowest BCUT2D eigenvalue weighted by molar-refractivity contribution is -0.137. The first-order valence-corrected chi connectivity index (χ1v) is 7.21. The first-order chi connectivity index (χ1) is 12.2. The highest BCUT2D eigenvalue weighted by Crippen LogP contribution is 2.33. The van der Waals surface area contributed by atoms with Gasteiger partial charge in [-0.15, -0.1) is 0 Å². The van der Waals surface area contributed by atoms with Gasteiger partial charge in [-0.05, 0) is 48.5 Å². The Kier molecular flexibility index (Phi) is 5.42. The lowest BCUT2D eigenvalue weighted by Gasteiger charge is -2.12. The molecule has 0 radical (unpaired) electrons. The Labute approximate surface area is 146 Å². The summed E-state index contributed by atoms with van der Waals surface area (Å²) in [5, 5.41) is 13.6. The maximum absolute atomic E-state index is 12.9. The summed E-state index contributed by atoms with van der Waals surface area (Å²) in [4.78, 5) is 23.3. The molecular formula is C18H12F3N3O2. The summed E-state index contributed by atoms with van der Waals surface area (Å²) in [6.07, 6.45) is -3.62. The van der Waals surface area contributed by atoms with Crippen LogP contribution in [0.1, 0.15) is 21.5 Å². The molecule has 0 bridgehead atoms. The fourth-order valence-electron chi connectivity index (χ4n) is 2.06. The Balaban J connectivity index is 2.18. The van der Waals surface area contributed by atoms with Crippen LogP contribution in [-0.2, 0) is 11.0 Å². The van der Waals surface area contributed by atoms with Crippen LogP contribution in [0.3, 0.4) is 0 Å². The van der Waals surface area contributed by atoms with Crippen LogP contribution in [0.15, 0.2) is 55.1 Å². The number of halogens is 3. The predicted octanol–water partition coefficient (Wildman–Crippen LogP) is 3.95. The number of benzene rings is 2. The second-order valence-electron chi connectivity index (χ2n) is 5.09. The number of hydrogen-bond donors (Lipinski definition) is 2. The van der Waals surface area contributed by atoms with E-state index in [2.05, 4.69) is 17.2 Å². The quantitative estimate of drug-likeness (QED) is 0.811. The molecule has 2 aromatic carbocycles. The van der Waals surface area contributed by atoms with E-state index in [1.165, 1.54) is 36.4 Å². The third-order valence-electron chi connectivity index (χ3n) is 3.30. The van der Waals surface area contributed by atoms with E-state index in [0.717, 1.165) is 12.1 Å². The van der Waals surface area contributed by atoms with Gasteiger partial charge in [0.1, 0.15) is 0 Å². The van der Waals surface area contributed by atoms with Crippen molar-refractivity contribution in [2.45, 2.75) is 6.18 Å². The number of carbonyl (C=O) groups is 2. The molecule has 2 aromatic rings. The summed E-state index contributed by atoms with van der Waals surface area (Å²) in [5.41, 5.74) is -1.13. The number of amides is 2. The van der Waals surface area contributed by atoms with Crippen molar-refractivity contribution in [2.24, 2.45) is 0 Å². The third-order valence-corrected chi connectivity index (χ3v) is 3.30. The lowest BCUT2D eigenvalue weighted by Crippen LogP contribution is -2.14. The highest BCUT2D eigenvalue weighted by atomic mass is 19.4. The van der Waals surface area contributed by atoms with Crippen LogP contribution in [0.2, 0.25) is 0 Å². The maximum Gasteiger partial charge on any atom is 0.417 e. The number of carbonyl (C=O) groups excluding carboxylic acids is 2. The van der Waals surface area contributed by atoms with Gasteiger partial charge in [0.2, 0.25) is 5.91 Å². The van der Waals surface area contributed by atoms with E-state index in [1.807, 2.05) is 0 Å². The van der Waals surface area contributed by atoms with Crippen molar-refractivity contribution in [1.82, 2.24) is 0 Å². The van der Waals surface area contributed by atoms with E-state index < -0.39 is 29.1 Å². The van der Waals surface area contributed by atoms with E-state index in [4.69, 9.17) is 5.26 Å². The minimum Gasteiger partial charge on any atom is -0.323 e. The van der Waals surface area contributed by atoms with Crippen molar-refractivity contribution in [2.75, 3.05) is 10.6 Å². The number of nitriles is 1. The Hall–Kier alpha value is -3.60. The fourth-order valence-corrected chi connectivity index (χ4v) is 2.06. The first kappa shape index (κ1) is 18.7. The van der Waals surface area contributed by atoms with Crippen molar-refractivity contribution in [3.63, 3.8) is 0 Å². The summed E-state index contributed by atoms with van der Waals surface area (Å²) in [5.74, 6) is -1.05. The fraction of sp³-hybridized carbons (Fsp3) is 0.0556. The van der Waals surface area contributed by atoms with E-state index in [0.29, 0.717) is 11.8 Å². The number of nitrogens with zero attached hydrogens (tertiary/aromatic N) is 1. The van der Waals surface area contributed by atoms with Crippen LogP contribution in [0.25, 0.3) is 0 Å². The van der Waals surface area contributed by atoms with Gasteiger partial charge in [-0.25, -0.2) is 0 Å². The maximum atomic E-state index is 12.9. The van der Waals surface area contributed by atoms with Crippen LogP contribution in [0.4, 0.5) is 24.5 Å². The number of anilines is 2. The molecular weight excluding hydrogens is 347 g/mol. The van der Waals surface area contributed by atoms with Crippen LogP contribution >= 0.6 is 0 Å². The van der Waals surface area contributed by atoms with Gasteiger partial charge in [0.25, 0.3) is 5.91 Å². The number of rotatable bonds is 4. The predicted molar refractivity (Wildman–Crippen MR) is 89.4 cm³/mol. The minimum atomic E-state index is -4.71. The van der Waals surface area contributed by atoms with Crippen molar-refractivity contribution in [1.29, 1.82) is 5.26 Å². The molecule has 0 aliphatic rings. The lowest BCUT2D eigenvalue weighted by atomic mass is 10.1. The van der Waals surface area contributed by atoms with E-state index in [-0.39, 0.29) is 11.3 Å². The minimum absolute atomic E-state index is 0.0923. The molecule has 0 heterocycles. The second-order valence-corrected chi connectivity index (χ2v) is 5.09. The first-order valence-electron chi connectivity index (χ1n) is 7.21. The molecule has 0 fully saturated rings. The molecule has 2 amide bonds. The van der Waals surface area contributed by atoms with Gasteiger partial charge in [-0.1, -0.05) is 6.58 Å². The number of hydrogen-bond acceptors (Lipinski definition) is 3. The van der Waals surface area contributed by atoms with E-state index in [1.54, 1.807) is 0 Å². The molecule has 0 aliphatic heterocycles. The molecule has 0 unspecified atom stereocenters. The summed E-state index contributed by atoms with van der Waals surface area (Å²) in [6, 6.07) is 10.1. The molecule has 0 atom stereocenters. The molecule has 5 nitrogen and oxygen atoms in total. The summed E-state index contributed by atoms with van der Waals surface area (Å²) in [7, 11) is 0. The second kappa shape index (κ2) is 7.53. The van der Waals surface area contributed by atoms with Gasteiger partial charge in [0, 0.05) is 16.9 Å². The van der Waals surface area contributed by atoms with Crippen molar-refractivity contribution >= 4 is 23.2 Å². The van der Waals surface area contributed by atoms with Crippen molar-refractivity contribution in [3.05, 3.63) is 71.8 Å². The Bertz CT molecular complexity index is 897. The van der Waals surface area contributed by atoms with Gasteiger partial charge in [-0.2, -0.15) is 18.4 Å². The van der Waals surface area contributed by atoms with Crippen molar-refractivity contribution < 1.29 is 22.8 Å². The van der Waals surface area contributed by atoms with Crippen LogP contribution in [-0.4, -0.2) is 11.8 Å². The van der Waals surface area contributed by atoms with Gasteiger partial charge in [-0.3, -0.25) is 9.59 Å². The number of alkyl halides is 3. The smallest absolute Gasteiger partial charge is 0.323 e. The molecule has 0 saturated heterocycles. The highest BCUT2D eigenvalue weighted by Gasteiger charge is 2.34. The molecule has 8 heteroatoms. The summed E-state index contributed by atoms with van der Waals surface area (Å²) >= 11 is 0. The van der Waals surface area contributed by atoms with Gasteiger partial charge < -0.3 is 10.6 Å². The van der Waals surface area contributed by atoms with Gasteiger partial charge in [0.15, 0.2) is 0 Å². The highest BCUT2D eigenvalue weighted by molar-refractivity contribution is 6.05. The summed E-state index contributed by atoms with van der Waals surface area (Å²) in [6.45, 7) is 3.31. The Morgan fingerprint density at radius 3 is 2.19 bits per heavy atom. The zero-order valence-corrected chi connectivity index (χ0v) is 13.2. The largest absolute Gasteiger partial charge is 0.417 e. The Morgan fingerprint density at radius 1 is 1.04 bits per heavy atom. The van der Waals surface area contributed by atoms with Crippen molar-refractivity contribution in [3.8, 4) is 6.07 Å². The van der Waals surface area contributed by atoms with E-state index in [9.17, 15) is 22.8 Å². The average molecular weight is 359 g/mol. The third kappa shape index (κ3) is 4.48. The SMILES string of the molecule is C=CC(=O)Nc1ccc(C(=O)Nc2ccc(C#N)c(C(F)(F)F)c2)cc1. The van der Waals surface area contributed by atoms with Crippen LogP contribution in [0, 0.1) is 11.3 Å². The number of nitrogens with one attached hydrogen (secondary N) is 2. The van der Waals surface area contributed by atoms with Gasteiger partial charge in [0.05, 0.1) is 17.2 Å². The molecule has 26 heavy (non-hydrogen) atoms. The van der Waals surface area contributed by atoms with Gasteiger partial charge >= 0.3 is 6.18 Å². The zero-order chi connectivity index (χ0) is 19.3.